The number of nitrogens with one attached hydrogen (secondary N) is 1. The number of carbonyl (C=O) groups excluding carboxylic acids is 1. The van der Waals surface area contributed by atoms with E-state index in [9.17, 15) is 4.79 Å². The van der Waals surface area contributed by atoms with Gasteiger partial charge in [0, 0.05) is 26.7 Å². The summed E-state index contributed by atoms with van der Waals surface area (Å²) in [5, 5.41) is 10.9. The Hall–Kier alpha value is -1.08. The molecule has 6 nitrogen and oxygen atoms in total. The summed E-state index contributed by atoms with van der Waals surface area (Å²) in [4.78, 5) is 11.6. The van der Waals surface area contributed by atoms with Gasteiger partial charge < -0.3 is 14.5 Å². The van der Waals surface area contributed by atoms with Crippen molar-refractivity contribution in [2.75, 3.05) is 25.5 Å². The number of ether oxygens (including phenoxy) is 1. The number of nitrogens with zero attached hydrogens (tertiary/aromatic N) is 2. The molecule has 2 heterocycles. The van der Waals surface area contributed by atoms with Crippen LogP contribution < -0.4 is 5.32 Å². The molecule has 1 fully saturated rings. The lowest BCUT2D eigenvalue weighted by molar-refractivity contribution is -0.118. The minimum atomic E-state index is -0.00224. The maximum atomic E-state index is 11.6. The molecule has 0 aliphatic carbocycles. The van der Waals surface area contributed by atoms with Crippen molar-refractivity contribution in [3.63, 3.8) is 0 Å². The van der Waals surface area contributed by atoms with Crippen LogP contribution in [0.5, 0.6) is 0 Å². The molecule has 7 heteroatoms. The summed E-state index contributed by atoms with van der Waals surface area (Å²) in [6, 6.07) is 0. The molecule has 0 unspecified atom stereocenters. The first kappa shape index (κ1) is 14.3. The molecule has 0 spiro atoms. The number of aryl methyl sites for hydroxylation is 1. The van der Waals surface area contributed by atoms with E-state index >= 15 is 0 Å². The Morgan fingerprint density at radius 2 is 2.42 bits per heavy atom. The van der Waals surface area contributed by atoms with E-state index < -0.39 is 0 Å². The van der Waals surface area contributed by atoms with Crippen LogP contribution in [0.15, 0.2) is 9.64 Å². The van der Waals surface area contributed by atoms with Gasteiger partial charge >= 0.3 is 0 Å². The Labute approximate surface area is 116 Å². The average Bonchev–Trinajstić information content (AvgIpc) is 2.83. The Morgan fingerprint density at radius 1 is 1.53 bits per heavy atom. The number of hydrogen-bond donors (Lipinski definition) is 1. The predicted molar refractivity (Wildman–Crippen MR) is 70.9 cm³/mol. The average molecular weight is 285 g/mol. The highest BCUT2D eigenvalue weighted by molar-refractivity contribution is 7.99. The first-order valence-corrected chi connectivity index (χ1v) is 7.50. The summed E-state index contributed by atoms with van der Waals surface area (Å²) < 4.78 is 10.6. The Morgan fingerprint density at radius 3 is 3.11 bits per heavy atom. The zero-order valence-electron chi connectivity index (χ0n) is 11.1. The summed E-state index contributed by atoms with van der Waals surface area (Å²) in [6.07, 6.45) is 3.31. The summed E-state index contributed by atoms with van der Waals surface area (Å²) in [6.45, 7) is 4.13. The lowest BCUT2D eigenvalue weighted by atomic mass is 9.99. The quantitative estimate of drug-likeness (QED) is 0.796. The maximum absolute atomic E-state index is 11.6. The van der Waals surface area contributed by atoms with Gasteiger partial charge in [-0.15, -0.1) is 10.2 Å². The highest BCUT2D eigenvalue weighted by Crippen LogP contribution is 2.17. The molecule has 0 radical (unpaired) electrons. The normalized spacial score (nSPS) is 19.3. The zero-order valence-corrected chi connectivity index (χ0v) is 11.9. The van der Waals surface area contributed by atoms with Gasteiger partial charge in [0.05, 0.1) is 5.75 Å². The van der Waals surface area contributed by atoms with Gasteiger partial charge in [-0.3, -0.25) is 4.79 Å². The molecule has 1 aromatic rings. The minimum absolute atomic E-state index is 0.00224. The molecule has 106 valence electrons. The van der Waals surface area contributed by atoms with Crippen LogP contribution in [0.1, 0.15) is 25.2 Å². The van der Waals surface area contributed by atoms with Crippen molar-refractivity contribution >= 4 is 17.7 Å². The Kier molecular flexibility index (Phi) is 5.65. The molecule has 0 bridgehead atoms. The van der Waals surface area contributed by atoms with E-state index in [1.54, 1.807) is 6.92 Å². The summed E-state index contributed by atoms with van der Waals surface area (Å²) >= 11 is 1.26. The highest BCUT2D eigenvalue weighted by atomic mass is 32.2. The predicted octanol–water partition coefficient (Wildman–Crippen LogP) is 1.40. The van der Waals surface area contributed by atoms with E-state index in [0.29, 0.717) is 29.3 Å². The van der Waals surface area contributed by atoms with Gasteiger partial charge in [0.2, 0.25) is 11.8 Å². The third-order valence-electron chi connectivity index (χ3n) is 2.96. The van der Waals surface area contributed by atoms with Crippen LogP contribution in [-0.2, 0) is 9.53 Å². The van der Waals surface area contributed by atoms with Crippen molar-refractivity contribution in [2.45, 2.75) is 31.4 Å². The number of hydrogen-bond acceptors (Lipinski definition) is 6. The molecule has 0 saturated carbocycles. The lowest BCUT2D eigenvalue weighted by Crippen LogP contribution is -2.29. The number of rotatable bonds is 6. The van der Waals surface area contributed by atoms with Crippen molar-refractivity contribution in [2.24, 2.45) is 5.92 Å². The van der Waals surface area contributed by atoms with Gasteiger partial charge in [-0.1, -0.05) is 11.8 Å². The molecule has 19 heavy (non-hydrogen) atoms. The van der Waals surface area contributed by atoms with Gasteiger partial charge in [0.1, 0.15) is 0 Å². The second kappa shape index (κ2) is 7.49. The SMILES string of the molecule is Cc1nnc(SCC(=O)NCC[C@@H]2CCCOC2)o1. The minimum Gasteiger partial charge on any atom is -0.416 e. The second-order valence-electron chi connectivity index (χ2n) is 4.60. The summed E-state index contributed by atoms with van der Waals surface area (Å²) in [5.74, 6) is 1.40. The van der Waals surface area contributed by atoms with Gasteiger partial charge in [-0.05, 0) is 25.2 Å². The zero-order chi connectivity index (χ0) is 13.5. The fourth-order valence-corrected chi connectivity index (χ4v) is 2.60. The van der Waals surface area contributed by atoms with Crippen LogP contribution in [0.25, 0.3) is 0 Å². The van der Waals surface area contributed by atoms with Crippen molar-refractivity contribution in [1.82, 2.24) is 15.5 Å². The molecule has 1 aliphatic rings. The maximum Gasteiger partial charge on any atom is 0.277 e. The first-order chi connectivity index (χ1) is 9.24. The van der Waals surface area contributed by atoms with E-state index in [1.807, 2.05) is 0 Å². The van der Waals surface area contributed by atoms with E-state index in [4.69, 9.17) is 9.15 Å². The number of thioether (sulfide) groups is 1. The Bertz CT molecular complexity index is 405. The summed E-state index contributed by atoms with van der Waals surface area (Å²) in [5.41, 5.74) is 0. The topological polar surface area (TPSA) is 77.2 Å². The van der Waals surface area contributed by atoms with Gasteiger partial charge in [-0.25, -0.2) is 0 Å². The Balaban J connectivity index is 1.56. The molecule has 1 amide bonds. The molecule has 2 rings (SSSR count). The van der Waals surface area contributed by atoms with Crippen molar-refractivity contribution in [1.29, 1.82) is 0 Å². The second-order valence-corrected chi connectivity index (χ2v) is 5.52. The fraction of sp³-hybridized carbons (Fsp3) is 0.750. The fourth-order valence-electron chi connectivity index (χ4n) is 1.97. The van der Waals surface area contributed by atoms with E-state index in [1.165, 1.54) is 18.2 Å². The number of amides is 1. The lowest BCUT2D eigenvalue weighted by Gasteiger charge is -2.21. The van der Waals surface area contributed by atoms with Crippen molar-refractivity contribution in [3.05, 3.63) is 5.89 Å². The molecular weight excluding hydrogens is 266 g/mol. The van der Waals surface area contributed by atoms with Gasteiger partial charge in [0.25, 0.3) is 5.22 Å². The smallest absolute Gasteiger partial charge is 0.277 e. The van der Waals surface area contributed by atoms with Crippen molar-refractivity contribution in [3.8, 4) is 0 Å². The first-order valence-electron chi connectivity index (χ1n) is 6.51. The summed E-state index contributed by atoms with van der Waals surface area (Å²) in [7, 11) is 0. The molecule has 1 aromatic heterocycles. The van der Waals surface area contributed by atoms with E-state index in [-0.39, 0.29) is 5.91 Å². The van der Waals surface area contributed by atoms with Crippen LogP contribution in [0.3, 0.4) is 0 Å². The molecule has 1 saturated heterocycles. The number of aromatic nitrogens is 2. The number of carbonyl (C=O) groups is 1. The van der Waals surface area contributed by atoms with E-state index in [0.717, 1.165) is 26.1 Å². The highest BCUT2D eigenvalue weighted by Gasteiger charge is 2.14. The van der Waals surface area contributed by atoms with Crippen LogP contribution in [0.2, 0.25) is 0 Å². The molecule has 1 aliphatic heterocycles. The largest absolute Gasteiger partial charge is 0.416 e. The molecule has 0 aromatic carbocycles. The van der Waals surface area contributed by atoms with Gasteiger partial charge in [-0.2, -0.15) is 0 Å². The monoisotopic (exact) mass is 285 g/mol. The van der Waals surface area contributed by atoms with Crippen LogP contribution in [0, 0.1) is 12.8 Å². The van der Waals surface area contributed by atoms with Crippen LogP contribution >= 0.6 is 11.8 Å². The van der Waals surface area contributed by atoms with Crippen LogP contribution in [0.4, 0.5) is 0 Å². The molecule has 1 N–H and O–H groups in total. The van der Waals surface area contributed by atoms with Crippen LogP contribution in [-0.4, -0.2) is 41.6 Å². The molecular formula is C12H19N3O3S. The third kappa shape index (κ3) is 5.20. The van der Waals surface area contributed by atoms with Crippen molar-refractivity contribution < 1.29 is 13.9 Å². The molecule has 1 atom stereocenters. The third-order valence-corrected chi connectivity index (χ3v) is 3.78. The van der Waals surface area contributed by atoms with E-state index in [2.05, 4.69) is 15.5 Å². The standard InChI is InChI=1S/C12H19N3O3S/c1-9-14-15-12(18-9)19-8-11(16)13-5-4-10-3-2-6-17-7-10/h10H,2-8H2,1H3,(H,13,16)/t10-/m0/s1. The van der Waals surface area contributed by atoms with Gasteiger partial charge in [0.15, 0.2) is 0 Å².